The molecule has 3 heterocycles. The van der Waals surface area contributed by atoms with Crippen LogP contribution in [0.15, 0.2) is 78.5 Å². The number of benzene rings is 2. The van der Waals surface area contributed by atoms with Gasteiger partial charge < -0.3 is 4.90 Å². The summed E-state index contributed by atoms with van der Waals surface area (Å²) < 4.78 is 29.7. The van der Waals surface area contributed by atoms with E-state index in [2.05, 4.69) is 19.9 Å². The standard InChI is InChI=1S/C21H20N6O2S/c28-30(29,19-6-5-17-3-1-2-4-18(17)13-19)27-11-9-25(10-12-27)20-14-21(24-15-23-20)26-8-7-22-16-26/h1-8,13-16H,9-12H2. The Hall–Kier alpha value is -3.30. The van der Waals surface area contributed by atoms with Gasteiger partial charge in [-0.2, -0.15) is 4.31 Å². The minimum Gasteiger partial charge on any atom is -0.354 e. The third-order valence-corrected chi connectivity index (χ3v) is 7.22. The van der Waals surface area contributed by atoms with E-state index in [-0.39, 0.29) is 0 Å². The van der Waals surface area contributed by atoms with Crippen LogP contribution in [-0.2, 0) is 10.0 Å². The number of fused-ring (bicyclic) bond motifs is 1. The summed E-state index contributed by atoms with van der Waals surface area (Å²) in [5.74, 6) is 1.50. The molecule has 0 N–H and O–H groups in total. The molecule has 1 fully saturated rings. The quantitative estimate of drug-likeness (QED) is 0.504. The Morgan fingerprint density at radius 1 is 0.833 bits per heavy atom. The normalized spacial score (nSPS) is 15.5. The van der Waals surface area contributed by atoms with Crippen molar-refractivity contribution in [3.8, 4) is 5.82 Å². The zero-order valence-electron chi connectivity index (χ0n) is 16.2. The molecule has 2 aromatic heterocycles. The summed E-state index contributed by atoms with van der Waals surface area (Å²) >= 11 is 0. The molecule has 5 rings (SSSR count). The summed E-state index contributed by atoms with van der Waals surface area (Å²) in [6, 6.07) is 14.9. The van der Waals surface area contributed by atoms with Crippen molar-refractivity contribution >= 4 is 26.6 Å². The van der Waals surface area contributed by atoms with Gasteiger partial charge in [0.15, 0.2) is 0 Å². The SMILES string of the molecule is O=S(=O)(c1ccc2ccccc2c1)N1CCN(c2cc(-n3ccnc3)ncn2)CC1. The Bertz CT molecular complexity index is 1280. The zero-order valence-corrected chi connectivity index (χ0v) is 17.0. The first-order chi connectivity index (χ1) is 14.6. The lowest BCUT2D eigenvalue weighted by Crippen LogP contribution is -2.48. The molecule has 30 heavy (non-hydrogen) atoms. The molecular weight excluding hydrogens is 400 g/mol. The molecule has 2 aromatic carbocycles. The predicted molar refractivity (Wildman–Crippen MR) is 114 cm³/mol. The van der Waals surface area contributed by atoms with Gasteiger partial charge in [-0.25, -0.2) is 23.4 Å². The molecule has 1 aliphatic rings. The topological polar surface area (TPSA) is 84.2 Å². The lowest BCUT2D eigenvalue weighted by Gasteiger charge is -2.34. The Morgan fingerprint density at radius 3 is 2.37 bits per heavy atom. The van der Waals surface area contributed by atoms with Gasteiger partial charge in [-0.05, 0) is 22.9 Å². The van der Waals surface area contributed by atoms with E-state index < -0.39 is 10.0 Å². The van der Waals surface area contributed by atoms with Crippen molar-refractivity contribution in [2.24, 2.45) is 0 Å². The number of nitrogens with zero attached hydrogens (tertiary/aromatic N) is 6. The third kappa shape index (κ3) is 3.42. The summed E-state index contributed by atoms with van der Waals surface area (Å²) in [5, 5.41) is 1.95. The Morgan fingerprint density at radius 2 is 1.60 bits per heavy atom. The number of sulfonamides is 1. The Labute approximate surface area is 174 Å². The van der Waals surface area contributed by atoms with Gasteiger partial charge in [0.05, 0.1) is 4.90 Å². The van der Waals surface area contributed by atoms with Crippen LogP contribution in [0, 0.1) is 0 Å². The second kappa shape index (κ2) is 7.51. The van der Waals surface area contributed by atoms with E-state index in [9.17, 15) is 8.42 Å². The van der Waals surface area contributed by atoms with Crippen LogP contribution in [0.4, 0.5) is 5.82 Å². The number of rotatable bonds is 4. The van der Waals surface area contributed by atoms with Crippen LogP contribution in [0.3, 0.4) is 0 Å². The van der Waals surface area contributed by atoms with Crippen molar-refractivity contribution in [1.29, 1.82) is 0 Å². The maximum Gasteiger partial charge on any atom is 0.243 e. The maximum absolute atomic E-state index is 13.2. The molecule has 9 heteroatoms. The fourth-order valence-electron chi connectivity index (χ4n) is 3.68. The number of aromatic nitrogens is 4. The average molecular weight is 420 g/mol. The monoisotopic (exact) mass is 420 g/mol. The second-order valence-electron chi connectivity index (χ2n) is 7.10. The molecule has 0 bridgehead atoms. The number of piperazine rings is 1. The van der Waals surface area contributed by atoms with Crippen molar-refractivity contribution in [2.75, 3.05) is 31.1 Å². The van der Waals surface area contributed by atoms with Crippen LogP contribution in [0.5, 0.6) is 0 Å². The molecule has 0 radical (unpaired) electrons. The number of hydrogen-bond donors (Lipinski definition) is 0. The van der Waals surface area contributed by atoms with Gasteiger partial charge in [0.2, 0.25) is 10.0 Å². The van der Waals surface area contributed by atoms with E-state index in [4.69, 9.17) is 0 Å². The molecule has 1 saturated heterocycles. The molecular formula is C21H20N6O2S. The summed E-state index contributed by atoms with van der Waals surface area (Å²) in [4.78, 5) is 15.1. The molecule has 152 valence electrons. The van der Waals surface area contributed by atoms with Crippen molar-refractivity contribution < 1.29 is 8.42 Å². The zero-order chi connectivity index (χ0) is 20.6. The predicted octanol–water partition coefficient (Wildman–Crippen LogP) is 2.33. The summed E-state index contributed by atoms with van der Waals surface area (Å²) in [6.07, 6.45) is 6.71. The van der Waals surface area contributed by atoms with Gasteiger partial charge in [0, 0.05) is 44.6 Å². The van der Waals surface area contributed by atoms with Gasteiger partial charge in [-0.3, -0.25) is 4.57 Å². The first kappa shape index (κ1) is 18.7. The molecule has 0 saturated carbocycles. The summed E-state index contributed by atoms with van der Waals surface area (Å²) in [6.45, 7) is 1.93. The lowest BCUT2D eigenvalue weighted by molar-refractivity contribution is 0.384. The molecule has 0 atom stereocenters. The highest BCUT2D eigenvalue weighted by molar-refractivity contribution is 7.89. The minimum atomic E-state index is -3.54. The number of imidazole rings is 1. The summed E-state index contributed by atoms with van der Waals surface area (Å²) in [5.41, 5.74) is 0. The molecule has 0 unspecified atom stereocenters. The molecule has 0 aliphatic carbocycles. The van der Waals surface area contributed by atoms with Gasteiger partial charge >= 0.3 is 0 Å². The first-order valence-electron chi connectivity index (χ1n) is 9.65. The summed E-state index contributed by atoms with van der Waals surface area (Å²) in [7, 11) is -3.54. The molecule has 8 nitrogen and oxygen atoms in total. The van der Waals surface area contributed by atoms with E-state index in [0.717, 1.165) is 22.4 Å². The van der Waals surface area contributed by atoms with Crippen LogP contribution in [-0.4, -0.2) is 58.4 Å². The van der Waals surface area contributed by atoms with Crippen molar-refractivity contribution in [3.63, 3.8) is 0 Å². The van der Waals surface area contributed by atoms with E-state index >= 15 is 0 Å². The molecule has 0 spiro atoms. The van der Waals surface area contributed by atoms with Crippen molar-refractivity contribution in [3.05, 3.63) is 73.6 Å². The fourth-order valence-corrected chi connectivity index (χ4v) is 5.14. The van der Waals surface area contributed by atoms with E-state index in [1.807, 2.05) is 47.2 Å². The smallest absolute Gasteiger partial charge is 0.243 e. The Balaban J connectivity index is 1.33. The number of hydrogen-bond acceptors (Lipinski definition) is 6. The van der Waals surface area contributed by atoms with Gasteiger partial charge in [-0.15, -0.1) is 0 Å². The van der Waals surface area contributed by atoms with E-state index in [0.29, 0.717) is 31.1 Å². The van der Waals surface area contributed by atoms with Crippen LogP contribution in [0.1, 0.15) is 0 Å². The van der Waals surface area contributed by atoms with Crippen LogP contribution >= 0.6 is 0 Å². The van der Waals surface area contributed by atoms with Crippen molar-refractivity contribution in [2.45, 2.75) is 4.90 Å². The van der Waals surface area contributed by atoms with Gasteiger partial charge in [0.1, 0.15) is 24.3 Å². The van der Waals surface area contributed by atoms with Crippen molar-refractivity contribution in [1.82, 2.24) is 23.8 Å². The number of anilines is 1. The van der Waals surface area contributed by atoms with Crippen LogP contribution in [0.25, 0.3) is 16.6 Å². The van der Waals surface area contributed by atoms with Gasteiger partial charge in [0.25, 0.3) is 0 Å². The first-order valence-corrected chi connectivity index (χ1v) is 11.1. The van der Waals surface area contributed by atoms with E-state index in [1.165, 1.54) is 6.33 Å². The Kier molecular flexibility index (Phi) is 4.68. The fraction of sp³-hybridized carbons (Fsp3) is 0.190. The molecule has 4 aromatic rings. The second-order valence-corrected chi connectivity index (χ2v) is 9.04. The highest BCUT2D eigenvalue weighted by Gasteiger charge is 2.29. The largest absolute Gasteiger partial charge is 0.354 e. The highest BCUT2D eigenvalue weighted by Crippen LogP contribution is 2.24. The maximum atomic E-state index is 13.2. The molecule has 0 amide bonds. The molecule has 1 aliphatic heterocycles. The highest BCUT2D eigenvalue weighted by atomic mass is 32.2. The van der Waals surface area contributed by atoms with E-state index in [1.54, 1.807) is 29.0 Å². The van der Waals surface area contributed by atoms with Crippen LogP contribution in [0.2, 0.25) is 0 Å². The lowest BCUT2D eigenvalue weighted by atomic mass is 10.1. The minimum absolute atomic E-state index is 0.332. The van der Waals surface area contributed by atoms with Crippen LogP contribution < -0.4 is 4.90 Å². The average Bonchev–Trinajstić information content (AvgIpc) is 3.34. The third-order valence-electron chi connectivity index (χ3n) is 5.33. The van der Waals surface area contributed by atoms with Gasteiger partial charge in [-0.1, -0.05) is 30.3 Å².